The molecule has 0 aromatic heterocycles. The lowest BCUT2D eigenvalue weighted by Gasteiger charge is -2.07. The van der Waals surface area contributed by atoms with Crippen LogP contribution in [0.3, 0.4) is 0 Å². The van der Waals surface area contributed by atoms with Crippen molar-refractivity contribution in [2.24, 2.45) is 0 Å². The van der Waals surface area contributed by atoms with Crippen LogP contribution < -0.4 is 0 Å². The van der Waals surface area contributed by atoms with E-state index in [-0.39, 0.29) is 13.0 Å². The Bertz CT molecular complexity index is 457. The van der Waals surface area contributed by atoms with E-state index in [9.17, 15) is 9.59 Å². The zero-order chi connectivity index (χ0) is 13.0. The fourth-order valence-corrected chi connectivity index (χ4v) is 1.98. The van der Waals surface area contributed by atoms with Crippen LogP contribution in [0.2, 0.25) is 5.02 Å². The van der Waals surface area contributed by atoms with Gasteiger partial charge in [-0.05, 0) is 53.0 Å². The van der Waals surface area contributed by atoms with E-state index in [2.05, 4.69) is 20.7 Å². The number of carbonyl (C=O) groups excluding carboxylic acids is 2. The Balaban J connectivity index is 2.85. The molecule has 1 aromatic rings. The number of hydrogen-bond acceptors (Lipinski definition) is 3. The van der Waals surface area contributed by atoms with E-state index in [1.54, 1.807) is 13.0 Å². The first-order valence-electron chi connectivity index (χ1n) is 5.10. The molecule has 0 aliphatic carbocycles. The third-order valence-corrected chi connectivity index (χ3v) is 3.43. The molecule has 0 heterocycles. The third-order valence-electron chi connectivity index (χ3n) is 2.23. The lowest BCUT2D eigenvalue weighted by molar-refractivity contribution is -0.153. The van der Waals surface area contributed by atoms with Crippen molar-refractivity contribution >= 4 is 39.3 Å². The van der Waals surface area contributed by atoms with Gasteiger partial charge in [-0.3, -0.25) is 4.79 Å². The molecule has 1 aromatic carbocycles. The van der Waals surface area contributed by atoms with Gasteiger partial charge in [-0.25, -0.2) is 4.79 Å². The van der Waals surface area contributed by atoms with E-state index in [1.165, 1.54) is 0 Å². The molecule has 0 aliphatic rings. The van der Waals surface area contributed by atoms with Crippen LogP contribution in [-0.2, 0) is 20.7 Å². The van der Waals surface area contributed by atoms with E-state index < -0.39 is 11.8 Å². The van der Waals surface area contributed by atoms with Crippen molar-refractivity contribution in [3.8, 4) is 0 Å². The van der Waals surface area contributed by atoms with Gasteiger partial charge in [0.05, 0.1) is 11.6 Å². The summed E-state index contributed by atoms with van der Waals surface area (Å²) in [5.74, 6) is -1.36. The minimum atomic E-state index is -0.800. The molecule has 0 saturated carbocycles. The lowest BCUT2D eigenvalue weighted by atomic mass is 10.0. The largest absolute Gasteiger partial charge is 0.460 e. The van der Waals surface area contributed by atoms with Crippen molar-refractivity contribution in [1.29, 1.82) is 0 Å². The SMILES string of the molecule is CCOC(=O)C(=O)Cc1cc(Cl)c(Br)cc1C. The number of rotatable bonds is 4. The molecule has 5 heteroatoms. The number of halogens is 2. The monoisotopic (exact) mass is 318 g/mol. The summed E-state index contributed by atoms with van der Waals surface area (Å²) in [5.41, 5.74) is 1.63. The molecule has 92 valence electrons. The van der Waals surface area contributed by atoms with Gasteiger partial charge in [0.2, 0.25) is 5.78 Å². The van der Waals surface area contributed by atoms with Gasteiger partial charge in [-0.15, -0.1) is 0 Å². The highest BCUT2D eigenvalue weighted by Crippen LogP contribution is 2.26. The minimum absolute atomic E-state index is 0.0116. The van der Waals surface area contributed by atoms with Gasteiger partial charge in [0.15, 0.2) is 0 Å². The van der Waals surface area contributed by atoms with Crippen LogP contribution in [0.4, 0.5) is 0 Å². The van der Waals surface area contributed by atoms with Gasteiger partial charge in [0.25, 0.3) is 0 Å². The zero-order valence-electron chi connectivity index (χ0n) is 9.55. The Morgan fingerprint density at radius 3 is 2.65 bits per heavy atom. The van der Waals surface area contributed by atoms with Crippen molar-refractivity contribution in [1.82, 2.24) is 0 Å². The Morgan fingerprint density at radius 1 is 1.41 bits per heavy atom. The Labute approximate surface area is 113 Å². The second kappa shape index (κ2) is 6.17. The molecule has 0 aliphatic heterocycles. The van der Waals surface area contributed by atoms with Gasteiger partial charge in [0, 0.05) is 10.9 Å². The number of ether oxygens (including phenoxy) is 1. The highest BCUT2D eigenvalue weighted by atomic mass is 79.9. The highest BCUT2D eigenvalue weighted by molar-refractivity contribution is 9.10. The average molecular weight is 320 g/mol. The second-order valence-electron chi connectivity index (χ2n) is 3.51. The van der Waals surface area contributed by atoms with Gasteiger partial charge in [-0.2, -0.15) is 0 Å². The van der Waals surface area contributed by atoms with Crippen LogP contribution in [0.1, 0.15) is 18.1 Å². The molecule has 0 atom stereocenters. The first kappa shape index (κ1) is 14.2. The second-order valence-corrected chi connectivity index (χ2v) is 4.77. The molecule has 0 N–H and O–H groups in total. The minimum Gasteiger partial charge on any atom is -0.460 e. The topological polar surface area (TPSA) is 43.4 Å². The molecule has 0 saturated heterocycles. The molecule has 0 radical (unpaired) electrons. The van der Waals surface area contributed by atoms with Crippen molar-refractivity contribution in [3.05, 3.63) is 32.8 Å². The number of esters is 1. The normalized spacial score (nSPS) is 10.1. The number of hydrogen-bond donors (Lipinski definition) is 0. The molecule has 0 bridgehead atoms. The first-order chi connectivity index (χ1) is 7.95. The summed E-state index contributed by atoms with van der Waals surface area (Å²) in [6.07, 6.45) is 0.0116. The fraction of sp³-hybridized carbons (Fsp3) is 0.333. The molecular formula is C12H12BrClO3. The summed E-state index contributed by atoms with van der Waals surface area (Å²) in [4.78, 5) is 22.7. The van der Waals surface area contributed by atoms with E-state index in [0.717, 1.165) is 15.6 Å². The molecule has 3 nitrogen and oxygen atoms in total. The fourth-order valence-electron chi connectivity index (χ4n) is 1.33. The summed E-state index contributed by atoms with van der Waals surface area (Å²) in [6, 6.07) is 3.49. The maximum Gasteiger partial charge on any atom is 0.374 e. The molecular weight excluding hydrogens is 307 g/mol. The Kier molecular flexibility index (Phi) is 5.15. The number of Topliss-reactive ketones (excluding diaryl/α,β-unsaturated/α-hetero) is 1. The molecule has 1 rings (SSSR count). The average Bonchev–Trinajstić information content (AvgIpc) is 2.26. The molecule has 17 heavy (non-hydrogen) atoms. The number of carbonyl (C=O) groups is 2. The summed E-state index contributed by atoms with van der Waals surface area (Å²) < 4.78 is 5.41. The molecule has 0 amide bonds. The summed E-state index contributed by atoms with van der Waals surface area (Å²) >= 11 is 9.23. The number of aryl methyl sites for hydroxylation is 1. The standard InChI is InChI=1S/C12H12BrClO3/c1-3-17-12(16)11(15)6-8-5-10(14)9(13)4-7(8)2/h4-5H,3,6H2,1-2H3. The van der Waals surface area contributed by atoms with Crippen LogP contribution in [0.15, 0.2) is 16.6 Å². The van der Waals surface area contributed by atoms with Gasteiger partial charge < -0.3 is 4.74 Å². The Hall–Kier alpha value is -0.870. The predicted octanol–water partition coefficient (Wildman–Crippen LogP) is 3.09. The lowest BCUT2D eigenvalue weighted by Crippen LogP contribution is -2.19. The van der Waals surface area contributed by atoms with Crippen molar-refractivity contribution in [2.75, 3.05) is 6.61 Å². The first-order valence-corrected chi connectivity index (χ1v) is 6.27. The van der Waals surface area contributed by atoms with Crippen molar-refractivity contribution in [2.45, 2.75) is 20.3 Å². The third kappa shape index (κ3) is 3.82. The predicted molar refractivity (Wildman–Crippen MR) is 69.2 cm³/mol. The van der Waals surface area contributed by atoms with Crippen molar-refractivity contribution < 1.29 is 14.3 Å². The maximum absolute atomic E-state index is 11.5. The van der Waals surface area contributed by atoms with Crippen LogP contribution in [-0.4, -0.2) is 18.4 Å². The quantitative estimate of drug-likeness (QED) is 0.633. The van der Waals surface area contributed by atoms with E-state index in [0.29, 0.717) is 5.02 Å². The zero-order valence-corrected chi connectivity index (χ0v) is 11.9. The van der Waals surface area contributed by atoms with Crippen LogP contribution in [0, 0.1) is 6.92 Å². The number of benzene rings is 1. The van der Waals surface area contributed by atoms with Crippen LogP contribution in [0.25, 0.3) is 0 Å². The molecule has 0 fully saturated rings. The van der Waals surface area contributed by atoms with Gasteiger partial charge in [-0.1, -0.05) is 11.6 Å². The van der Waals surface area contributed by atoms with E-state index >= 15 is 0 Å². The Morgan fingerprint density at radius 2 is 2.06 bits per heavy atom. The van der Waals surface area contributed by atoms with Gasteiger partial charge >= 0.3 is 5.97 Å². The maximum atomic E-state index is 11.5. The number of ketones is 1. The molecule has 0 spiro atoms. The smallest absolute Gasteiger partial charge is 0.374 e. The summed E-state index contributed by atoms with van der Waals surface area (Å²) in [5, 5.41) is 0.516. The summed E-state index contributed by atoms with van der Waals surface area (Å²) in [7, 11) is 0. The van der Waals surface area contributed by atoms with Crippen LogP contribution in [0.5, 0.6) is 0 Å². The summed E-state index contributed by atoms with van der Waals surface area (Å²) in [6.45, 7) is 3.71. The highest BCUT2D eigenvalue weighted by Gasteiger charge is 2.17. The van der Waals surface area contributed by atoms with Crippen molar-refractivity contribution in [3.63, 3.8) is 0 Å². The molecule has 0 unspecified atom stereocenters. The van der Waals surface area contributed by atoms with E-state index in [1.807, 2.05) is 13.0 Å². The van der Waals surface area contributed by atoms with Crippen LogP contribution >= 0.6 is 27.5 Å². The van der Waals surface area contributed by atoms with Gasteiger partial charge in [0.1, 0.15) is 0 Å². The van der Waals surface area contributed by atoms with E-state index in [4.69, 9.17) is 11.6 Å².